The van der Waals surface area contributed by atoms with Gasteiger partial charge in [-0.3, -0.25) is 0 Å². The van der Waals surface area contributed by atoms with Crippen molar-refractivity contribution < 1.29 is 4.74 Å². The van der Waals surface area contributed by atoms with E-state index in [9.17, 15) is 0 Å². The van der Waals surface area contributed by atoms with Gasteiger partial charge in [-0.15, -0.1) is 0 Å². The van der Waals surface area contributed by atoms with Crippen molar-refractivity contribution in [1.29, 1.82) is 0 Å². The van der Waals surface area contributed by atoms with Crippen LogP contribution in [-0.4, -0.2) is 18.9 Å². The first-order valence-corrected chi connectivity index (χ1v) is 6.37. The quantitative estimate of drug-likeness (QED) is 0.716. The SMILES string of the molecule is c1ccc(N2CCOC23CCCCC3)cc1. The lowest BCUT2D eigenvalue weighted by molar-refractivity contribution is -0.0226. The summed E-state index contributed by atoms with van der Waals surface area (Å²) in [5.41, 5.74) is 1.35. The fourth-order valence-electron chi connectivity index (χ4n) is 3.10. The van der Waals surface area contributed by atoms with Crippen LogP contribution in [-0.2, 0) is 4.74 Å². The van der Waals surface area contributed by atoms with Crippen LogP contribution in [0.1, 0.15) is 32.1 Å². The average Bonchev–Trinajstić information content (AvgIpc) is 2.75. The summed E-state index contributed by atoms with van der Waals surface area (Å²) in [5, 5.41) is 0. The molecule has 0 unspecified atom stereocenters. The first-order valence-electron chi connectivity index (χ1n) is 6.37. The summed E-state index contributed by atoms with van der Waals surface area (Å²) in [6, 6.07) is 10.7. The van der Waals surface area contributed by atoms with E-state index in [1.54, 1.807) is 0 Å². The minimum atomic E-state index is 0.0274. The highest BCUT2D eigenvalue weighted by Gasteiger charge is 2.42. The third kappa shape index (κ3) is 1.61. The maximum absolute atomic E-state index is 6.07. The molecule has 2 aliphatic rings. The van der Waals surface area contributed by atoms with Gasteiger partial charge in [0.25, 0.3) is 0 Å². The van der Waals surface area contributed by atoms with Crippen LogP contribution >= 0.6 is 0 Å². The molecule has 1 aromatic carbocycles. The molecule has 0 atom stereocenters. The lowest BCUT2D eigenvalue weighted by atomic mass is 9.90. The number of hydrogen-bond donors (Lipinski definition) is 0. The Bertz CT molecular complexity index is 343. The molecule has 1 saturated carbocycles. The third-order valence-corrected chi connectivity index (χ3v) is 3.88. The topological polar surface area (TPSA) is 12.5 Å². The van der Waals surface area contributed by atoms with E-state index in [-0.39, 0.29) is 5.72 Å². The normalized spacial score (nSPS) is 23.9. The smallest absolute Gasteiger partial charge is 0.141 e. The standard InChI is InChI=1S/C14H19NO/c1-3-7-13(8-4-1)15-11-12-16-14(15)9-5-2-6-10-14/h1,3-4,7-8H,2,5-6,9-12H2. The summed E-state index contributed by atoms with van der Waals surface area (Å²) >= 11 is 0. The minimum Gasteiger partial charge on any atom is -0.354 e. The van der Waals surface area contributed by atoms with Gasteiger partial charge >= 0.3 is 0 Å². The van der Waals surface area contributed by atoms with Gasteiger partial charge in [0.15, 0.2) is 0 Å². The van der Waals surface area contributed by atoms with Gasteiger partial charge in [0.1, 0.15) is 5.72 Å². The maximum atomic E-state index is 6.07. The fourth-order valence-corrected chi connectivity index (χ4v) is 3.10. The summed E-state index contributed by atoms with van der Waals surface area (Å²) in [6.45, 7) is 1.93. The van der Waals surface area contributed by atoms with Crippen molar-refractivity contribution >= 4 is 5.69 Å². The van der Waals surface area contributed by atoms with Crippen LogP contribution in [0.25, 0.3) is 0 Å². The number of hydrogen-bond acceptors (Lipinski definition) is 2. The number of para-hydroxylation sites is 1. The highest BCUT2D eigenvalue weighted by Crippen LogP contribution is 2.40. The molecule has 16 heavy (non-hydrogen) atoms. The Labute approximate surface area is 97.2 Å². The van der Waals surface area contributed by atoms with E-state index in [2.05, 4.69) is 35.2 Å². The average molecular weight is 217 g/mol. The van der Waals surface area contributed by atoms with Crippen LogP contribution in [0.15, 0.2) is 30.3 Å². The lowest BCUT2D eigenvalue weighted by Gasteiger charge is -2.41. The molecule has 0 bridgehead atoms. The van der Waals surface area contributed by atoms with Crippen LogP contribution < -0.4 is 4.90 Å². The zero-order valence-electron chi connectivity index (χ0n) is 9.69. The molecular weight excluding hydrogens is 198 g/mol. The van der Waals surface area contributed by atoms with Crippen LogP contribution in [0, 0.1) is 0 Å². The molecule has 1 aromatic rings. The number of anilines is 1. The predicted octanol–water partition coefficient (Wildman–Crippen LogP) is 3.18. The number of rotatable bonds is 1. The summed E-state index contributed by atoms with van der Waals surface area (Å²) in [4.78, 5) is 2.48. The van der Waals surface area contributed by atoms with Crippen molar-refractivity contribution in [3.63, 3.8) is 0 Å². The van der Waals surface area contributed by atoms with E-state index >= 15 is 0 Å². The van der Waals surface area contributed by atoms with Crippen molar-refractivity contribution in [1.82, 2.24) is 0 Å². The molecule has 1 heterocycles. The molecule has 0 radical (unpaired) electrons. The zero-order valence-corrected chi connectivity index (χ0v) is 9.69. The maximum Gasteiger partial charge on any atom is 0.141 e. The zero-order chi connectivity index (χ0) is 10.8. The summed E-state index contributed by atoms with van der Waals surface area (Å²) in [7, 11) is 0. The second kappa shape index (κ2) is 4.10. The third-order valence-electron chi connectivity index (χ3n) is 3.88. The highest BCUT2D eigenvalue weighted by atomic mass is 16.5. The largest absolute Gasteiger partial charge is 0.354 e. The van der Waals surface area contributed by atoms with Gasteiger partial charge in [0.05, 0.1) is 6.61 Å². The van der Waals surface area contributed by atoms with Crippen molar-refractivity contribution in [2.75, 3.05) is 18.1 Å². The second-order valence-corrected chi connectivity index (χ2v) is 4.84. The van der Waals surface area contributed by atoms with Crippen molar-refractivity contribution in [2.24, 2.45) is 0 Å². The van der Waals surface area contributed by atoms with E-state index in [0.29, 0.717) is 0 Å². The highest BCUT2D eigenvalue weighted by molar-refractivity contribution is 5.49. The van der Waals surface area contributed by atoms with E-state index in [1.807, 2.05) is 0 Å². The van der Waals surface area contributed by atoms with Crippen LogP contribution in [0.4, 0.5) is 5.69 Å². The first kappa shape index (κ1) is 10.2. The van der Waals surface area contributed by atoms with Crippen molar-refractivity contribution in [3.8, 4) is 0 Å². The van der Waals surface area contributed by atoms with E-state index in [1.165, 1.54) is 37.8 Å². The Hall–Kier alpha value is -1.02. The summed E-state index contributed by atoms with van der Waals surface area (Å²) in [5.74, 6) is 0. The van der Waals surface area contributed by atoms with Crippen molar-refractivity contribution in [2.45, 2.75) is 37.8 Å². The Morgan fingerprint density at radius 3 is 2.50 bits per heavy atom. The minimum absolute atomic E-state index is 0.0274. The number of nitrogens with zero attached hydrogens (tertiary/aromatic N) is 1. The van der Waals surface area contributed by atoms with Gasteiger partial charge in [-0.25, -0.2) is 0 Å². The van der Waals surface area contributed by atoms with Crippen LogP contribution in [0.3, 0.4) is 0 Å². The Morgan fingerprint density at radius 1 is 1.00 bits per heavy atom. The Morgan fingerprint density at radius 2 is 1.75 bits per heavy atom. The van der Waals surface area contributed by atoms with E-state index in [0.717, 1.165) is 13.2 Å². The predicted molar refractivity (Wildman–Crippen MR) is 65.6 cm³/mol. The van der Waals surface area contributed by atoms with E-state index in [4.69, 9.17) is 4.74 Å². The summed E-state index contributed by atoms with van der Waals surface area (Å²) in [6.07, 6.45) is 6.38. The second-order valence-electron chi connectivity index (χ2n) is 4.84. The number of ether oxygens (including phenoxy) is 1. The summed E-state index contributed by atoms with van der Waals surface area (Å²) < 4.78 is 6.07. The van der Waals surface area contributed by atoms with Gasteiger partial charge in [0, 0.05) is 12.2 Å². The molecule has 1 aliphatic heterocycles. The van der Waals surface area contributed by atoms with Gasteiger partial charge < -0.3 is 9.64 Å². The van der Waals surface area contributed by atoms with Gasteiger partial charge in [-0.2, -0.15) is 0 Å². The number of benzene rings is 1. The first-order chi connectivity index (χ1) is 7.91. The molecule has 1 aliphatic carbocycles. The molecule has 0 N–H and O–H groups in total. The van der Waals surface area contributed by atoms with Crippen molar-refractivity contribution in [3.05, 3.63) is 30.3 Å². The molecule has 3 rings (SSSR count). The van der Waals surface area contributed by atoms with E-state index < -0.39 is 0 Å². The molecule has 1 spiro atoms. The molecule has 2 heteroatoms. The molecule has 1 saturated heterocycles. The molecule has 0 aromatic heterocycles. The van der Waals surface area contributed by atoms with Gasteiger partial charge in [0.2, 0.25) is 0 Å². The van der Waals surface area contributed by atoms with Crippen LogP contribution in [0.2, 0.25) is 0 Å². The lowest BCUT2D eigenvalue weighted by Crippen LogP contribution is -2.46. The Kier molecular flexibility index (Phi) is 2.60. The molecule has 2 nitrogen and oxygen atoms in total. The van der Waals surface area contributed by atoms with Crippen LogP contribution in [0.5, 0.6) is 0 Å². The Balaban J connectivity index is 1.89. The molecule has 0 amide bonds. The molecular formula is C14H19NO. The monoisotopic (exact) mass is 217 g/mol. The van der Waals surface area contributed by atoms with Gasteiger partial charge in [-0.05, 0) is 37.8 Å². The molecule has 86 valence electrons. The van der Waals surface area contributed by atoms with Gasteiger partial charge in [-0.1, -0.05) is 24.6 Å². The molecule has 2 fully saturated rings. The fraction of sp³-hybridized carbons (Fsp3) is 0.571.